The molecule has 1 N–H and O–H groups in total. The summed E-state index contributed by atoms with van der Waals surface area (Å²) in [5, 5.41) is 3.25. The van der Waals surface area contributed by atoms with Gasteiger partial charge in [-0.2, -0.15) is 4.31 Å². The van der Waals surface area contributed by atoms with E-state index in [1.807, 2.05) is 32.8 Å². The third-order valence-corrected chi connectivity index (χ3v) is 5.06. The third kappa shape index (κ3) is 7.87. The first-order valence-electron chi connectivity index (χ1n) is 7.08. The fourth-order valence-electron chi connectivity index (χ4n) is 2.16. The maximum Gasteiger partial charge on any atom is 0.214 e. The van der Waals surface area contributed by atoms with Gasteiger partial charge in [-0.05, 0) is 34.0 Å². The molecule has 0 bridgehead atoms. The van der Waals surface area contributed by atoms with E-state index in [1.54, 1.807) is 4.31 Å². The number of likely N-dealkylation sites (N-methyl/N-ethyl adjacent to an activating group) is 2. The molecule has 0 rings (SSSR count). The van der Waals surface area contributed by atoms with Crippen LogP contribution in [-0.4, -0.2) is 69.2 Å². The molecule has 0 heterocycles. The van der Waals surface area contributed by atoms with Crippen LogP contribution in [0.15, 0.2) is 0 Å². The van der Waals surface area contributed by atoms with Crippen molar-refractivity contribution in [2.45, 2.75) is 46.2 Å². The van der Waals surface area contributed by atoms with Crippen LogP contribution in [0, 0.1) is 0 Å². The first kappa shape index (κ1) is 18.8. The van der Waals surface area contributed by atoms with Gasteiger partial charge in [-0.15, -0.1) is 0 Å². The molecule has 0 aromatic carbocycles. The second-order valence-corrected chi connectivity index (χ2v) is 7.63. The number of rotatable bonds is 10. The van der Waals surface area contributed by atoms with E-state index in [0.29, 0.717) is 19.0 Å². The quantitative estimate of drug-likeness (QED) is 0.610. The number of nitrogens with zero attached hydrogens (tertiary/aromatic N) is 2. The lowest BCUT2D eigenvalue weighted by Gasteiger charge is -2.29. The molecule has 0 aromatic heterocycles. The molecule has 0 aliphatic carbocycles. The summed E-state index contributed by atoms with van der Waals surface area (Å²) in [6.07, 6.45) is 0.658. The Morgan fingerprint density at radius 2 is 1.74 bits per heavy atom. The van der Waals surface area contributed by atoms with Crippen LogP contribution in [0.4, 0.5) is 0 Å². The molecule has 0 spiro atoms. The van der Waals surface area contributed by atoms with Gasteiger partial charge >= 0.3 is 0 Å². The Hall–Kier alpha value is -0.170. The van der Waals surface area contributed by atoms with E-state index in [4.69, 9.17) is 0 Å². The summed E-state index contributed by atoms with van der Waals surface area (Å²) in [5.74, 6) is 0.221. The molecule has 0 radical (unpaired) electrons. The molecule has 5 nitrogen and oxygen atoms in total. The Bertz CT molecular complexity index is 329. The number of nitrogens with one attached hydrogen (secondary N) is 1. The summed E-state index contributed by atoms with van der Waals surface area (Å²) >= 11 is 0. The van der Waals surface area contributed by atoms with Crippen molar-refractivity contribution >= 4 is 10.0 Å². The van der Waals surface area contributed by atoms with E-state index in [1.165, 1.54) is 0 Å². The molecule has 1 atom stereocenters. The second-order valence-electron chi connectivity index (χ2n) is 5.59. The summed E-state index contributed by atoms with van der Waals surface area (Å²) in [6.45, 7) is 10.0. The summed E-state index contributed by atoms with van der Waals surface area (Å²) in [6, 6.07) is 0.417. The minimum atomic E-state index is -3.15. The second kappa shape index (κ2) is 8.89. The van der Waals surface area contributed by atoms with Gasteiger partial charge < -0.3 is 10.2 Å². The predicted octanol–water partition coefficient (Wildman–Crippen LogP) is 0.976. The minimum Gasteiger partial charge on any atom is -0.314 e. The molecule has 19 heavy (non-hydrogen) atoms. The van der Waals surface area contributed by atoms with Crippen molar-refractivity contribution in [1.82, 2.24) is 14.5 Å². The SMILES string of the molecule is CCN(C(C)CN(C)C)S(=O)(=O)CCCNC(C)C. The van der Waals surface area contributed by atoms with E-state index in [0.717, 1.165) is 13.1 Å². The Balaban J connectivity index is 4.40. The molecule has 0 aromatic rings. The van der Waals surface area contributed by atoms with Crippen LogP contribution in [0.1, 0.15) is 34.1 Å². The average Bonchev–Trinajstić information content (AvgIpc) is 2.23. The van der Waals surface area contributed by atoms with Gasteiger partial charge in [0.15, 0.2) is 0 Å². The van der Waals surface area contributed by atoms with Crippen LogP contribution in [0.25, 0.3) is 0 Å². The van der Waals surface area contributed by atoms with Gasteiger partial charge in [-0.25, -0.2) is 8.42 Å². The molecular weight excluding hydrogens is 262 g/mol. The molecule has 1 unspecified atom stereocenters. The summed E-state index contributed by atoms with van der Waals surface area (Å²) in [4.78, 5) is 2.02. The Labute approximate surface area is 119 Å². The van der Waals surface area contributed by atoms with Gasteiger partial charge in [0.2, 0.25) is 10.0 Å². The van der Waals surface area contributed by atoms with Gasteiger partial charge in [-0.1, -0.05) is 20.8 Å². The van der Waals surface area contributed by atoms with Gasteiger partial charge in [0.05, 0.1) is 5.75 Å². The highest BCUT2D eigenvalue weighted by Gasteiger charge is 2.25. The maximum absolute atomic E-state index is 12.3. The van der Waals surface area contributed by atoms with Crippen LogP contribution in [0.5, 0.6) is 0 Å². The summed E-state index contributed by atoms with van der Waals surface area (Å²) < 4.78 is 26.2. The first-order valence-corrected chi connectivity index (χ1v) is 8.69. The predicted molar refractivity (Wildman–Crippen MR) is 81.9 cm³/mol. The molecule has 0 saturated carbocycles. The fourth-order valence-corrected chi connectivity index (χ4v) is 3.92. The van der Waals surface area contributed by atoms with Crippen molar-refractivity contribution in [3.8, 4) is 0 Å². The van der Waals surface area contributed by atoms with Crippen LogP contribution >= 0.6 is 0 Å². The van der Waals surface area contributed by atoms with E-state index in [2.05, 4.69) is 19.2 Å². The fraction of sp³-hybridized carbons (Fsp3) is 1.00. The smallest absolute Gasteiger partial charge is 0.214 e. The number of hydrogen-bond acceptors (Lipinski definition) is 4. The zero-order chi connectivity index (χ0) is 15.1. The standard InChI is InChI=1S/C13H31N3O2S/c1-7-16(13(4)11-15(5)6)19(17,18)10-8-9-14-12(2)3/h12-14H,7-11H2,1-6H3. The van der Waals surface area contributed by atoms with Crippen LogP contribution in [-0.2, 0) is 10.0 Å². The normalized spacial score (nSPS) is 14.6. The number of sulfonamides is 1. The van der Waals surface area contributed by atoms with Crippen LogP contribution < -0.4 is 5.32 Å². The van der Waals surface area contributed by atoms with Crippen molar-refractivity contribution < 1.29 is 8.42 Å². The van der Waals surface area contributed by atoms with Crippen LogP contribution in [0.2, 0.25) is 0 Å². The highest BCUT2D eigenvalue weighted by atomic mass is 32.2. The van der Waals surface area contributed by atoms with E-state index < -0.39 is 10.0 Å². The number of hydrogen-bond donors (Lipinski definition) is 1. The molecule has 0 aliphatic heterocycles. The highest BCUT2D eigenvalue weighted by Crippen LogP contribution is 2.09. The van der Waals surface area contributed by atoms with Crippen molar-refractivity contribution in [2.24, 2.45) is 0 Å². The lowest BCUT2D eigenvalue weighted by atomic mass is 10.3. The lowest BCUT2D eigenvalue weighted by Crippen LogP contribution is -2.44. The minimum absolute atomic E-state index is 0.0167. The summed E-state index contributed by atoms with van der Waals surface area (Å²) in [5.41, 5.74) is 0. The summed E-state index contributed by atoms with van der Waals surface area (Å²) in [7, 11) is 0.775. The van der Waals surface area contributed by atoms with Crippen LogP contribution in [0.3, 0.4) is 0 Å². The van der Waals surface area contributed by atoms with Gasteiger partial charge in [0, 0.05) is 25.2 Å². The van der Waals surface area contributed by atoms with Gasteiger partial charge in [0.25, 0.3) is 0 Å². The van der Waals surface area contributed by atoms with Crippen molar-refractivity contribution in [3.05, 3.63) is 0 Å². The topological polar surface area (TPSA) is 52.7 Å². The van der Waals surface area contributed by atoms with E-state index in [9.17, 15) is 8.42 Å². The van der Waals surface area contributed by atoms with E-state index in [-0.39, 0.29) is 11.8 Å². The molecule has 0 fully saturated rings. The highest BCUT2D eigenvalue weighted by molar-refractivity contribution is 7.89. The molecule has 0 amide bonds. The third-order valence-electron chi connectivity index (χ3n) is 2.92. The molecular formula is C13H31N3O2S. The average molecular weight is 293 g/mol. The largest absolute Gasteiger partial charge is 0.314 e. The van der Waals surface area contributed by atoms with Gasteiger partial charge in [-0.3, -0.25) is 0 Å². The van der Waals surface area contributed by atoms with Crippen molar-refractivity contribution in [2.75, 3.05) is 39.5 Å². The Kier molecular flexibility index (Phi) is 8.81. The molecule has 116 valence electrons. The van der Waals surface area contributed by atoms with Crippen molar-refractivity contribution in [3.63, 3.8) is 0 Å². The van der Waals surface area contributed by atoms with E-state index >= 15 is 0 Å². The molecule has 0 saturated heterocycles. The monoisotopic (exact) mass is 293 g/mol. The molecule has 0 aliphatic rings. The zero-order valence-electron chi connectivity index (χ0n) is 13.3. The lowest BCUT2D eigenvalue weighted by molar-refractivity contribution is 0.271. The molecule has 6 heteroatoms. The Morgan fingerprint density at radius 3 is 2.16 bits per heavy atom. The zero-order valence-corrected chi connectivity index (χ0v) is 14.1. The Morgan fingerprint density at radius 1 is 1.16 bits per heavy atom. The van der Waals surface area contributed by atoms with Crippen molar-refractivity contribution in [1.29, 1.82) is 0 Å². The first-order chi connectivity index (χ1) is 8.70. The van der Waals surface area contributed by atoms with Gasteiger partial charge in [0.1, 0.15) is 0 Å². The maximum atomic E-state index is 12.3.